The van der Waals surface area contributed by atoms with E-state index in [1.54, 1.807) is 6.92 Å². The molecule has 0 bridgehead atoms. The molecule has 0 amide bonds. The van der Waals surface area contributed by atoms with Crippen LogP contribution in [0.3, 0.4) is 0 Å². The summed E-state index contributed by atoms with van der Waals surface area (Å²) in [5, 5.41) is 21.4. The van der Waals surface area contributed by atoms with Crippen LogP contribution in [0.4, 0.5) is 22.0 Å². The number of halogens is 5. The normalized spacial score (nSPS) is 21.9. The number of aliphatic hydroxyl groups excluding tert-OH is 1. The van der Waals surface area contributed by atoms with Crippen LogP contribution in [0.15, 0.2) is 0 Å². The van der Waals surface area contributed by atoms with Crippen molar-refractivity contribution in [3.8, 4) is 6.07 Å². The maximum absolute atomic E-state index is 13.5. The predicted octanol–water partition coefficient (Wildman–Crippen LogP) is 2.68. The molecule has 1 aliphatic carbocycles. The second-order valence-electron chi connectivity index (χ2n) is 5.09. The second kappa shape index (κ2) is 4.94. The number of aryl methyl sites for hydroxylation is 1. The largest absolute Gasteiger partial charge is 0.435 e. The number of hydrogen-bond acceptors (Lipinski definition) is 3. The lowest BCUT2D eigenvalue weighted by atomic mass is 10.1. The lowest BCUT2D eigenvalue weighted by Gasteiger charge is -2.15. The van der Waals surface area contributed by atoms with Crippen LogP contribution in [0, 0.1) is 17.2 Å². The van der Waals surface area contributed by atoms with Crippen LogP contribution in [-0.4, -0.2) is 20.8 Å². The Morgan fingerprint density at radius 2 is 2.14 bits per heavy atom. The highest BCUT2D eigenvalue weighted by molar-refractivity contribution is 5.38. The maximum atomic E-state index is 13.5. The van der Waals surface area contributed by atoms with E-state index in [4.69, 9.17) is 5.26 Å². The molecule has 1 aliphatic rings. The fraction of sp³-hybridized carbons (Fsp3) is 0.667. The Morgan fingerprint density at radius 1 is 1.52 bits per heavy atom. The first-order valence-electron chi connectivity index (χ1n) is 6.20. The molecule has 4 nitrogen and oxygen atoms in total. The summed E-state index contributed by atoms with van der Waals surface area (Å²) in [7, 11) is 0. The molecule has 0 saturated carbocycles. The number of alkyl halides is 5. The van der Waals surface area contributed by atoms with Gasteiger partial charge in [-0.15, -0.1) is 0 Å². The fourth-order valence-corrected chi connectivity index (χ4v) is 2.29. The summed E-state index contributed by atoms with van der Waals surface area (Å²) in [6.07, 6.45) is -8.24. The monoisotopic (exact) mass is 309 g/mol. The molecule has 9 heteroatoms. The first kappa shape index (κ1) is 15.7. The van der Waals surface area contributed by atoms with Gasteiger partial charge in [0, 0.05) is 18.0 Å². The SMILES string of the molecule is CC(C#N)CCn1nc(C(F)(F)F)c2c1CC(F)(F)C2O. The third-order valence-corrected chi connectivity index (χ3v) is 3.44. The minimum atomic E-state index is -4.92. The second-order valence-corrected chi connectivity index (χ2v) is 5.09. The van der Waals surface area contributed by atoms with Crippen LogP contribution >= 0.6 is 0 Å². The molecule has 1 aromatic rings. The van der Waals surface area contributed by atoms with Gasteiger partial charge < -0.3 is 5.11 Å². The molecule has 21 heavy (non-hydrogen) atoms. The van der Waals surface area contributed by atoms with Crippen molar-refractivity contribution in [2.45, 2.75) is 44.5 Å². The molecule has 2 atom stereocenters. The van der Waals surface area contributed by atoms with Crippen molar-refractivity contribution < 1.29 is 27.1 Å². The van der Waals surface area contributed by atoms with Crippen molar-refractivity contribution in [3.05, 3.63) is 17.0 Å². The lowest BCUT2D eigenvalue weighted by Crippen LogP contribution is -2.25. The van der Waals surface area contributed by atoms with Gasteiger partial charge in [-0.25, -0.2) is 8.78 Å². The van der Waals surface area contributed by atoms with E-state index in [1.807, 2.05) is 6.07 Å². The van der Waals surface area contributed by atoms with E-state index in [1.165, 1.54) is 0 Å². The Kier molecular flexibility index (Phi) is 3.70. The molecule has 116 valence electrons. The van der Waals surface area contributed by atoms with Crippen molar-refractivity contribution >= 4 is 0 Å². The number of hydrogen-bond donors (Lipinski definition) is 1. The molecule has 0 fully saturated rings. The molecule has 2 rings (SSSR count). The van der Waals surface area contributed by atoms with Crippen LogP contribution < -0.4 is 0 Å². The summed E-state index contributed by atoms with van der Waals surface area (Å²) in [6, 6.07) is 1.90. The van der Waals surface area contributed by atoms with Gasteiger partial charge >= 0.3 is 6.18 Å². The van der Waals surface area contributed by atoms with Gasteiger partial charge in [0.05, 0.1) is 18.2 Å². The van der Waals surface area contributed by atoms with Crippen LogP contribution in [0.2, 0.25) is 0 Å². The van der Waals surface area contributed by atoms with Gasteiger partial charge in [-0.2, -0.15) is 23.5 Å². The van der Waals surface area contributed by atoms with Gasteiger partial charge in [-0.1, -0.05) is 0 Å². The number of fused-ring (bicyclic) bond motifs is 1. The van der Waals surface area contributed by atoms with Gasteiger partial charge in [0.2, 0.25) is 0 Å². The van der Waals surface area contributed by atoms with E-state index in [9.17, 15) is 27.1 Å². The summed E-state index contributed by atoms with van der Waals surface area (Å²) in [6.45, 7) is 1.48. The molecule has 0 aliphatic heterocycles. The third-order valence-electron chi connectivity index (χ3n) is 3.44. The molecule has 2 unspecified atom stereocenters. The smallest absolute Gasteiger partial charge is 0.382 e. The zero-order chi connectivity index (χ0) is 16.0. The number of nitriles is 1. The highest BCUT2D eigenvalue weighted by Gasteiger charge is 2.54. The molecule has 1 N–H and O–H groups in total. The van der Waals surface area contributed by atoms with Crippen LogP contribution in [0.5, 0.6) is 0 Å². The Bertz CT molecular complexity index is 587. The molecule has 0 saturated heterocycles. The van der Waals surface area contributed by atoms with Crippen LogP contribution in [0.1, 0.15) is 36.4 Å². The Hall–Kier alpha value is -1.69. The standard InChI is InChI=1S/C12H12F5N3O/c1-6(5-18)2-3-20-7-4-11(13,14)10(21)8(7)9(19-20)12(15,16)17/h6,10,21H,2-4H2,1H3. The van der Waals surface area contributed by atoms with Crippen molar-refractivity contribution in [1.82, 2.24) is 9.78 Å². The first-order chi connectivity index (χ1) is 9.58. The molecule has 1 heterocycles. The summed E-state index contributed by atoms with van der Waals surface area (Å²) >= 11 is 0. The van der Waals surface area contributed by atoms with Crippen molar-refractivity contribution in [1.29, 1.82) is 5.26 Å². The predicted molar refractivity (Wildman–Crippen MR) is 60.2 cm³/mol. The quantitative estimate of drug-likeness (QED) is 0.873. The van der Waals surface area contributed by atoms with Crippen molar-refractivity contribution in [2.75, 3.05) is 0 Å². The number of nitrogens with zero attached hydrogens (tertiary/aromatic N) is 3. The van der Waals surface area contributed by atoms with E-state index in [-0.39, 0.29) is 18.7 Å². The van der Waals surface area contributed by atoms with Gasteiger partial charge in [0.1, 0.15) is 6.10 Å². The molecular weight excluding hydrogens is 297 g/mol. The van der Waals surface area contributed by atoms with E-state index >= 15 is 0 Å². The van der Waals surface area contributed by atoms with Gasteiger partial charge in [-0.3, -0.25) is 4.68 Å². The summed E-state index contributed by atoms with van der Waals surface area (Å²) in [5.74, 6) is -4.08. The Balaban J connectivity index is 2.42. The highest BCUT2D eigenvalue weighted by Crippen LogP contribution is 2.48. The van der Waals surface area contributed by atoms with Gasteiger partial charge in [0.25, 0.3) is 5.92 Å². The summed E-state index contributed by atoms with van der Waals surface area (Å²) in [4.78, 5) is 0. The topological polar surface area (TPSA) is 61.8 Å². The third kappa shape index (κ3) is 2.72. The minimum absolute atomic E-state index is 0.0874. The van der Waals surface area contributed by atoms with Gasteiger partial charge in [-0.05, 0) is 13.3 Å². The summed E-state index contributed by atoms with van der Waals surface area (Å²) in [5.41, 5.74) is -2.64. The molecule has 0 aromatic carbocycles. The Morgan fingerprint density at radius 3 is 2.67 bits per heavy atom. The molecule has 1 aromatic heterocycles. The average Bonchev–Trinajstić information content (AvgIpc) is 2.82. The van der Waals surface area contributed by atoms with Crippen molar-refractivity contribution in [2.24, 2.45) is 5.92 Å². The molecular formula is C12H12F5N3O. The number of aliphatic hydroxyl groups is 1. The Labute approximate surface area is 116 Å². The average molecular weight is 309 g/mol. The van der Waals surface area contributed by atoms with Crippen LogP contribution in [0.25, 0.3) is 0 Å². The zero-order valence-corrected chi connectivity index (χ0v) is 11.0. The molecule has 0 radical (unpaired) electrons. The number of rotatable bonds is 3. The van der Waals surface area contributed by atoms with Gasteiger partial charge in [0.15, 0.2) is 5.69 Å². The fourth-order valence-electron chi connectivity index (χ4n) is 2.29. The first-order valence-corrected chi connectivity index (χ1v) is 6.20. The van der Waals surface area contributed by atoms with E-state index in [2.05, 4.69) is 5.10 Å². The van der Waals surface area contributed by atoms with E-state index < -0.39 is 41.8 Å². The molecule has 0 spiro atoms. The maximum Gasteiger partial charge on any atom is 0.435 e. The van der Waals surface area contributed by atoms with Crippen LogP contribution in [-0.2, 0) is 19.1 Å². The highest BCUT2D eigenvalue weighted by atomic mass is 19.4. The van der Waals surface area contributed by atoms with Crippen molar-refractivity contribution in [3.63, 3.8) is 0 Å². The number of aromatic nitrogens is 2. The van der Waals surface area contributed by atoms with E-state index in [0.717, 1.165) is 4.68 Å². The summed E-state index contributed by atoms with van der Waals surface area (Å²) < 4.78 is 66.3. The van der Waals surface area contributed by atoms with E-state index in [0.29, 0.717) is 0 Å². The minimum Gasteiger partial charge on any atom is -0.382 e. The lowest BCUT2D eigenvalue weighted by molar-refractivity contribution is -0.146. The zero-order valence-electron chi connectivity index (χ0n) is 11.0.